The van der Waals surface area contributed by atoms with Crippen molar-refractivity contribution in [2.75, 3.05) is 0 Å². The highest BCUT2D eigenvalue weighted by molar-refractivity contribution is 5.56. The number of fused-ring (bicyclic) bond motifs is 1. The third-order valence-electron chi connectivity index (χ3n) is 3.73. The molecule has 1 unspecified atom stereocenters. The van der Waals surface area contributed by atoms with Crippen LogP contribution < -0.4 is 5.69 Å². The van der Waals surface area contributed by atoms with E-state index in [0.717, 1.165) is 9.25 Å². The number of carboxylic acid groups (broad SMARTS) is 1. The van der Waals surface area contributed by atoms with Gasteiger partial charge in [-0.3, -0.25) is 0 Å². The van der Waals surface area contributed by atoms with Crippen molar-refractivity contribution in [2.45, 2.75) is 32.0 Å². The van der Waals surface area contributed by atoms with Gasteiger partial charge in [-0.2, -0.15) is 5.10 Å². The lowest BCUT2D eigenvalue weighted by Gasteiger charge is -2.21. The van der Waals surface area contributed by atoms with E-state index in [9.17, 15) is 22.8 Å². The first kappa shape index (κ1) is 16.1. The fourth-order valence-electron chi connectivity index (χ4n) is 2.67. The first-order valence-corrected chi connectivity index (χ1v) is 7.08. The molecule has 3 rings (SSSR count). The fourth-order valence-corrected chi connectivity index (χ4v) is 2.67. The van der Waals surface area contributed by atoms with E-state index in [2.05, 4.69) is 9.84 Å². The van der Waals surface area contributed by atoms with E-state index in [4.69, 9.17) is 5.11 Å². The average molecular weight is 343 g/mol. The molecule has 1 aromatic carbocycles. The molecule has 0 saturated carbocycles. The van der Waals surface area contributed by atoms with E-state index in [1.807, 2.05) is 0 Å². The molecule has 0 fully saturated rings. The monoisotopic (exact) mass is 343 g/mol. The molecule has 1 aliphatic heterocycles. The topological polar surface area (TPSA) is 86.3 Å². The zero-order valence-electron chi connectivity index (χ0n) is 12.2. The largest absolute Gasteiger partial charge is 0.507 e. The summed E-state index contributed by atoms with van der Waals surface area (Å²) >= 11 is 0. The second-order valence-electron chi connectivity index (χ2n) is 5.31. The quantitative estimate of drug-likeness (QED) is 0.681. The van der Waals surface area contributed by atoms with Crippen LogP contribution in [-0.4, -0.2) is 25.6 Å². The van der Waals surface area contributed by atoms with Gasteiger partial charge in [0.1, 0.15) is 11.6 Å². The molecule has 0 aliphatic carbocycles. The second-order valence-corrected chi connectivity index (χ2v) is 5.31. The van der Waals surface area contributed by atoms with Gasteiger partial charge in [-0.25, -0.2) is 32.0 Å². The van der Waals surface area contributed by atoms with Gasteiger partial charge in [0.25, 0.3) is 0 Å². The zero-order valence-corrected chi connectivity index (χ0v) is 12.2. The standard InChI is InChI=1S/C14H12F3N3O4/c15-8-5-10(17)9(16)4-7(8)6-19-13(21)20-11(18-19)2-1-3-12(20)24-14(22)23/h4-5,12H,1-3,6H2,(H,22,23). The van der Waals surface area contributed by atoms with Crippen molar-refractivity contribution < 1.29 is 27.8 Å². The van der Waals surface area contributed by atoms with Crippen LogP contribution in [0.1, 0.15) is 30.5 Å². The Labute approximate surface area is 132 Å². The van der Waals surface area contributed by atoms with E-state index < -0.39 is 42.1 Å². The predicted octanol–water partition coefficient (Wildman–Crippen LogP) is 2.04. The first-order chi connectivity index (χ1) is 11.4. The van der Waals surface area contributed by atoms with Crippen LogP contribution in [-0.2, 0) is 17.7 Å². The highest BCUT2D eigenvalue weighted by Gasteiger charge is 2.28. The van der Waals surface area contributed by atoms with Crippen molar-refractivity contribution in [3.05, 3.63) is 51.5 Å². The lowest BCUT2D eigenvalue weighted by atomic mass is 10.1. The third kappa shape index (κ3) is 2.86. The van der Waals surface area contributed by atoms with Crippen molar-refractivity contribution in [3.8, 4) is 0 Å². The molecular formula is C14H12F3N3O4. The Morgan fingerprint density at radius 3 is 2.71 bits per heavy atom. The maximum atomic E-state index is 13.7. The summed E-state index contributed by atoms with van der Waals surface area (Å²) in [7, 11) is 0. The molecule has 2 aromatic rings. The molecule has 2 heterocycles. The maximum Gasteiger partial charge on any atom is 0.507 e. The molecule has 1 aromatic heterocycles. The number of nitrogens with zero attached hydrogens (tertiary/aromatic N) is 3. The van der Waals surface area contributed by atoms with Gasteiger partial charge in [0.05, 0.1) is 6.54 Å². The molecule has 1 atom stereocenters. The summed E-state index contributed by atoms with van der Waals surface area (Å²) in [4.78, 5) is 23.1. The average Bonchev–Trinajstić information content (AvgIpc) is 2.82. The molecular weight excluding hydrogens is 331 g/mol. The van der Waals surface area contributed by atoms with Crippen LogP contribution in [0.5, 0.6) is 0 Å². The fraction of sp³-hybridized carbons (Fsp3) is 0.357. The summed E-state index contributed by atoms with van der Waals surface area (Å²) in [6.45, 7) is -0.415. The number of halogens is 3. The van der Waals surface area contributed by atoms with Gasteiger partial charge >= 0.3 is 11.8 Å². The van der Waals surface area contributed by atoms with Crippen molar-refractivity contribution in [1.29, 1.82) is 0 Å². The zero-order chi connectivity index (χ0) is 17.4. The van der Waals surface area contributed by atoms with E-state index in [-0.39, 0.29) is 5.56 Å². The predicted molar refractivity (Wildman–Crippen MR) is 73.0 cm³/mol. The van der Waals surface area contributed by atoms with Gasteiger partial charge in [0.15, 0.2) is 17.9 Å². The molecule has 0 saturated heterocycles. The number of rotatable bonds is 3. The van der Waals surface area contributed by atoms with Gasteiger partial charge in [-0.1, -0.05) is 0 Å². The van der Waals surface area contributed by atoms with Crippen LogP contribution >= 0.6 is 0 Å². The summed E-state index contributed by atoms with van der Waals surface area (Å²) in [6, 6.07) is 1.04. The highest BCUT2D eigenvalue weighted by Crippen LogP contribution is 2.23. The van der Waals surface area contributed by atoms with Crippen molar-refractivity contribution in [3.63, 3.8) is 0 Å². The molecule has 0 radical (unpaired) electrons. The number of benzene rings is 1. The summed E-state index contributed by atoms with van der Waals surface area (Å²) < 4.78 is 46.5. The Balaban J connectivity index is 1.97. The summed E-state index contributed by atoms with van der Waals surface area (Å²) in [6.07, 6.45) is -1.25. The van der Waals surface area contributed by atoms with E-state index in [0.29, 0.717) is 37.2 Å². The minimum absolute atomic E-state index is 0.248. The number of aromatic nitrogens is 3. The first-order valence-electron chi connectivity index (χ1n) is 7.08. The maximum absolute atomic E-state index is 13.7. The number of carbonyl (C=O) groups is 1. The van der Waals surface area contributed by atoms with Crippen LogP contribution in [0.4, 0.5) is 18.0 Å². The minimum atomic E-state index is -1.53. The van der Waals surface area contributed by atoms with Crippen LogP contribution in [0.15, 0.2) is 16.9 Å². The van der Waals surface area contributed by atoms with Crippen molar-refractivity contribution in [2.24, 2.45) is 0 Å². The Morgan fingerprint density at radius 2 is 2.00 bits per heavy atom. The molecule has 0 spiro atoms. The molecule has 7 nitrogen and oxygen atoms in total. The van der Waals surface area contributed by atoms with Gasteiger partial charge in [-0.05, 0) is 12.5 Å². The lowest BCUT2D eigenvalue weighted by molar-refractivity contribution is 0.00392. The van der Waals surface area contributed by atoms with E-state index in [1.165, 1.54) is 0 Å². The van der Waals surface area contributed by atoms with Gasteiger partial charge < -0.3 is 9.84 Å². The van der Waals surface area contributed by atoms with Gasteiger partial charge in [0.2, 0.25) is 0 Å². The molecule has 1 N–H and O–H groups in total. The number of hydrogen-bond donors (Lipinski definition) is 1. The van der Waals surface area contributed by atoms with Crippen LogP contribution in [0.3, 0.4) is 0 Å². The van der Waals surface area contributed by atoms with Gasteiger partial charge in [-0.15, -0.1) is 0 Å². The number of ether oxygens (including phenoxy) is 1. The van der Waals surface area contributed by atoms with Crippen molar-refractivity contribution in [1.82, 2.24) is 14.3 Å². The normalized spacial score (nSPS) is 16.7. The van der Waals surface area contributed by atoms with Gasteiger partial charge in [0, 0.05) is 24.5 Å². The molecule has 128 valence electrons. The molecule has 10 heteroatoms. The van der Waals surface area contributed by atoms with Crippen LogP contribution in [0.25, 0.3) is 0 Å². The SMILES string of the molecule is O=C(O)OC1CCCc2nn(Cc3cc(F)c(F)cc3F)c(=O)n21. The van der Waals surface area contributed by atoms with Crippen molar-refractivity contribution >= 4 is 6.16 Å². The number of aryl methyl sites for hydroxylation is 1. The summed E-state index contributed by atoms with van der Waals surface area (Å²) in [5, 5.41) is 12.7. The number of hydrogen-bond acceptors (Lipinski definition) is 4. The smallest absolute Gasteiger partial charge is 0.450 e. The van der Waals surface area contributed by atoms with Crippen LogP contribution in [0, 0.1) is 17.5 Å². The second kappa shape index (κ2) is 6.02. The Bertz CT molecular complexity index is 862. The third-order valence-corrected chi connectivity index (χ3v) is 3.73. The molecule has 0 bridgehead atoms. The Hall–Kier alpha value is -2.78. The highest BCUT2D eigenvalue weighted by atomic mass is 19.2. The summed E-state index contributed by atoms with van der Waals surface area (Å²) in [5.74, 6) is -3.29. The summed E-state index contributed by atoms with van der Waals surface area (Å²) in [5.41, 5.74) is -0.956. The molecule has 1 aliphatic rings. The van der Waals surface area contributed by atoms with Crippen LogP contribution in [0.2, 0.25) is 0 Å². The Kier molecular flexibility index (Phi) is 4.04. The Morgan fingerprint density at radius 1 is 1.29 bits per heavy atom. The molecule has 24 heavy (non-hydrogen) atoms. The lowest BCUT2D eigenvalue weighted by Crippen LogP contribution is -2.33. The molecule has 0 amide bonds. The van der Waals surface area contributed by atoms with E-state index >= 15 is 0 Å². The van der Waals surface area contributed by atoms with E-state index in [1.54, 1.807) is 0 Å². The minimum Gasteiger partial charge on any atom is -0.450 e.